The summed E-state index contributed by atoms with van der Waals surface area (Å²) < 4.78 is 6.06. The van der Waals surface area contributed by atoms with Crippen molar-refractivity contribution in [2.24, 2.45) is 0 Å². The van der Waals surface area contributed by atoms with Gasteiger partial charge in [-0.2, -0.15) is 0 Å². The highest BCUT2D eigenvalue weighted by molar-refractivity contribution is 5.53. The van der Waals surface area contributed by atoms with Crippen LogP contribution in [0, 0.1) is 13.8 Å². The van der Waals surface area contributed by atoms with E-state index >= 15 is 0 Å². The van der Waals surface area contributed by atoms with Crippen molar-refractivity contribution >= 4 is 5.82 Å². The van der Waals surface area contributed by atoms with Crippen LogP contribution in [0.3, 0.4) is 0 Å². The van der Waals surface area contributed by atoms with Crippen LogP contribution in [0.25, 0.3) is 17.2 Å². The monoisotopic (exact) mass is 373 g/mol. The molecule has 0 aliphatic heterocycles. The van der Waals surface area contributed by atoms with E-state index in [2.05, 4.69) is 36.7 Å². The molecule has 0 saturated heterocycles. The van der Waals surface area contributed by atoms with E-state index in [0.717, 1.165) is 34.4 Å². The summed E-state index contributed by atoms with van der Waals surface area (Å²) in [6.07, 6.45) is 9.93. The molecule has 0 aromatic carbocycles. The molecule has 1 fully saturated rings. The first kappa shape index (κ1) is 16.6. The van der Waals surface area contributed by atoms with Gasteiger partial charge in [-0.15, -0.1) is 15.6 Å². The fourth-order valence-electron chi connectivity index (χ4n) is 3.21. The molecule has 1 N–H and O–H groups in total. The fraction of sp³-hybridized carbons (Fsp3) is 0.250. The topological polar surface area (TPSA) is 77.3 Å². The standard InChI is InChI=1S/C20H21N8/c1-14-15(2)27(12-21-14)17-8-10-26(11-9-17)25-19-5-3-4-18(23-19)20-24-22-13-28(20)16-6-7-16/h3-5,8-13,16H,6-7H2,1-2H3,(H,23,25)/q+1. The van der Waals surface area contributed by atoms with Crippen molar-refractivity contribution in [3.05, 3.63) is 66.8 Å². The highest BCUT2D eigenvalue weighted by Crippen LogP contribution is 2.37. The van der Waals surface area contributed by atoms with E-state index in [1.165, 1.54) is 12.8 Å². The second-order valence-corrected chi connectivity index (χ2v) is 7.06. The summed E-state index contributed by atoms with van der Waals surface area (Å²) in [7, 11) is 0. The van der Waals surface area contributed by atoms with Crippen molar-refractivity contribution in [1.82, 2.24) is 29.3 Å². The Bertz CT molecular complexity index is 1120. The molecular weight excluding hydrogens is 352 g/mol. The normalized spacial score (nSPS) is 13.6. The minimum Gasteiger partial charge on any atom is -0.309 e. The molecule has 0 amide bonds. The number of pyridine rings is 2. The zero-order chi connectivity index (χ0) is 19.1. The minimum atomic E-state index is 0.514. The SMILES string of the molecule is Cc1ncn(-c2cc[n+](Nc3cccc(-c4nncn4C4CC4)n3)cc2)c1C. The van der Waals surface area contributed by atoms with Gasteiger partial charge in [0.2, 0.25) is 12.4 Å². The molecule has 0 radical (unpaired) electrons. The zero-order valence-electron chi connectivity index (χ0n) is 15.8. The predicted octanol–water partition coefficient (Wildman–Crippen LogP) is 2.64. The summed E-state index contributed by atoms with van der Waals surface area (Å²) in [4.78, 5) is 9.07. The van der Waals surface area contributed by atoms with Gasteiger partial charge in [0, 0.05) is 23.9 Å². The Kier molecular flexibility index (Phi) is 3.89. The molecule has 8 heteroatoms. The van der Waals surface area contributed by atoms with Crippen LogP contribution in [0.15, 0.2) is 55.4 Å². The van der Waals surface area contributed by atoms with Crippen molar-refractivity contribution in [2.75, 3.05) is 5.43 Å². The lowest BCUT2D eigenvalue weighted by Gasteiger charge is -2.06. The van der Waals surface area contributed by atoms with E-state index in [1.807, 2.05) is 60.7 Å². The van der Waals surface area contributed by atoms with Crippen molar-refractivity contribution < 1.29 is 4.68 Å². The first-order valence-corrected chi connectivity index (χ1v) is 9.35. The van der Waals surface area contributed by atoms with E-state index in [0.29, 0.717) is 6.04 Å². The van der Waals surface area contributed by atoms with Crippen LogP contribution in [-0.4, -0.2) is 29.3 Å². The number of hydrogen-bond acceptors (Lipinski definition) is 5. The number of rotatable bonds is 5. The largest absolute Gasteiger partial charge is 0.309 e. The van der Waals surface area contributed by atoms with Gasteiger partial charge in [0.15, 0.2) is 11.6 Å². The van der Waals surface area contributed by atoms with Gasteiger partial charge in [-0.05, 0) is 38.8 Å². The molecule has 1 saturated carbocycles. The lowest BCUT2D eigenvalue weighted by molar-refractivity contribution is -0.643. The zero-order valence-corrected chi connectivity index (χ0v) is 15.8. The maximum Gasteiger partial charge on any atom is 0.202 e. The van der Waals surface area contributed by atoms with Crippen LogP contribution in [0.1, 0.15) is 30.3 Å². The third-order valence-corrected chi connectivity index (χ3v) is 5.08. The van der Waals surface area contributed by atoms with Gasteiger partial charge < -0.3 is 9.13 Å². The molecule has 0 unspecified atom stereocenters. The minimum absolute atomic E-state index is 0.514. The van der Waals surface area contributed by atoms with E-state index in [4.69, 9.17) is 4.98 Å². The van der Waals surface area contributed by atoms with E-state index in [1.54, 1.807) is 6.33 Å². The van der Waals surface area contributed by atoms with Gasteiger partial charge in [0.25, 0.3) is 0 Å². The van der Waals surface area contributed by atoms with Crippen LogP contribution >= 0.6 is 0 Å². The third-order valence-electron chi connectivity index (χ3n) is 5.08. The van der Waals surface area contributed by atoms with Gasteiger partial charge in [-0.1, -0.05) is 10.7 Å². The Hall–Kier alpha value is -3.55. The van der Waals surface area contributed by atoms with E-state index < -0.39 is 0 Å². The number of hydrogen-bond donors (Lipinski definition) is 1. The Labute approximate surface area is 162 Å². The number of nitrogens with one attached hydrogen (secondary N) is 1. The molecular formula is C20H21N8+. The summed E-state index contributed by atoms with van der Waals surface area (Å²) in [5.74, 6) is 1.56. The highest BCUT2D eigenvalue weighted by atomic mass is 15.4. The maximum absolute atomic E-state index is 4.71. The average molecular weight is 373 g/mol. The molecule has 140 valence electrons. The predicted molar refractivity (Wildman–Crippen MR) is 104 cm³/mol. The maximum atomic E-state index is 4.71. The first-order valence-electron chi connectivity index (χ1n) is 9.35. The van der Waals surface area contributed by atoms with Crippen molar-refractivity contribution in [1.29, 1.82) is 0 Å². The number of aromatic nitrogens is 7. The highest BCUT2D eigenvalue weighted by Gasteiger charge is 2.27. The van der Waals surface area contributed by atoms with E-state index in [9.17, 15) is 0 Å². The lowest BCUT2D eigenvalue weighted by Crippen LogP contribution is -2.41. The van der Waals surface area contributed by atoms with Crippen LogP contribution < -0.4 is 10.1 Å². The molecule has 0 bridgehead atoms. The van der Waals surface area contributed by atoms with Gasteiger partial charge >= 0.3 is 0 Å². The number of anilines is 1. The summed E-state index contributed by atoms with van der Waals surface area (Å²) >= 11 is 0. The Morgan fingerprint density at radius 3 is 2.61 bits per heavy atom. The molecule has 4 heterocycles. The third kappa shape index (κ3) is 3.02. The van der Waals surface area contributed by atoms with Crippen molar-refractivity contribution in [3.63, 3.8) is 0 Å². The molecule has 0 spiro atoms. The van der Waals surface area contributed by atoms with Crippen molar-refractivity contribution in [2.45, 2.75) is 32.7 Å². The summed E-state index contributed by atoms with van der Waals surface area (Å²) in [5.41, 5.74) is 7.35. The quantitative estimate of drug-likeness (QED) is 0.544. The average Bonchev–Trinajstić information content (AvgIpc) is 3.35. The number of imidazole rings is 1. The Morgan fingerprint density at radius 1 is 1.07 bits per heavy atom. The second-order valence-electron chi connectivity index (χ2n) is 7.06. The number of nitrogens with zero attached hydrogens (tertiary/aromatic N) is 7. The van der Waals surface area contributed by atoms with Gasteiger partial charge in [-0.25, -0.2) is 9.97 Å². The van der Waals surface area contributed by atoms with Crippen molar-refractivity contribution in [3.8, 4) is 17.2 Å². The number of aryl methyl sites for hydroxylation is 1. The van der Waals surface area contributed by atoms with Crippen LogP contribution in [0.4, 0.5) is 5.82 Å². The molecule has 1 aliphatic carbocycles. The van der Waals surface area contributed by atoms with Gasteiger partial charge in [0.1, 0.15) is 12.0 Å². The molecule has 0 atom stereocenters. The van der Waals surface area contributed by atoms with Crippen LogP contribution in [0.5, 0.6) is 0 Å². The smallest absolute Gasteiger partial charge is 0.202 e. The molecule has 8 nitrogen and oxygen atoms in total. The summed E-state index contributed by atoms with van der Waals surface area (Å²) in [6.45, 7) is 4.08. The Morgan fingerprint density at radius 2 is 1.89 bits per heavy atom. The first-order chi connectivity index (χ1) is 13.7. The Balaban J connectivity index is 1.38. The van der Waals surface area contributed by atoms with Gasteiger partial charge in [0.05, 0.1) is 17.7 Å². The molecule has 4 aromatic rings. The molecule has 5 rings (SSSR count). The molecule has 4 aromatic heterocycles. The second kappa shape index (κ2) is 6.56. The summed E-state index contributed by atoms with van der Waals surface area (Å²) in [5, 5.41) is 8.32. The molecule has 1 aliphatic rings. The van der Waals surface area contributed by atoms with E-state index in [-0.39, 0.29) is 0 Å². The lowest BCUT2D eigenvalue weighted by atomic mass is 10.3. The van der Waals surface area contributed by atoms with Crippen LogP contribution in [-0.2, 0) is 0 Å². The molecule has 28 heavy (non-hydrogen) atoms. The van der Waals surface area contributed by atoms with Crippen LogP contribution in [0.2, 0.25) is 0 Å². The summed E-state index contributed by atoms with van der Waals surface area (Å²) in [6, 6.07) is 10.5. The fourth-order valence-corrected chi connectivity index (χ4v) is 3.21. The van der Waals surface area contributed by atoms with Gasteiger partial charge in [-0.3, -0.25) is 0 Å².